The lowest BCUT2D eigenvalue weighted by molar-refractivity contribution is 0.465. The summed E-state index contributed by atoms with van der Waals surface area (Å²) in [5.74, 6) is 1.64. The van der Waals surface area contributed by atoms with Crippen LogP contribution in [-0.2, 0) is 0 Å². The molecule has 0 N–H and O–H groups in total. The highest BCUT2D eigenvalue weighted by Gasteiger charge is 2.03. The first-order valence-electron chi connectivity index (χ1n) is 4.33. The monoisotopic (exact) mass is 140 g/mol. The lowest BCUT2D eigenvalue weighted by Crippen LogP contribution is -1.99. The van der Waals surface area contributed by atoms with Gasteiger partial charge in [0.2, 0.25) is 0 Å². The van der Waals surface area contributed by atoms with E-state index in [2.05, 4.69) is 39.8 Å². The van der Waals surface area contributed by atoms with Gasteiger partial charge in [0.15, 0.2) is 0 Å². The van der Waals surface area contributed by atoms with Gasteiger partial charge in [-0.25, -0.2) is 0 Å². The first kappa shape index (κ1) is 9.74. The maximum Gasteiger partial charge on any atom is -0.0234 e. The van der Waals surface area contributed by atoms with Crippen LogP contribution in [0, 0.1) is 11.8 Å². The van der Waals surface area contributed by atoms with Crippen LogP contribution in [0.2, 0.25) is 0 Å². The van der Waals surface area contributed by atoms with Crippen molar-refractivity contribution in [3.8, 4) is 0 Å². The quantitative estimate of drug-likeness (QED) is 0.523. The Balaban J connectivity index is 3.60. The Labute approximate surface area is 65.3 Å². The Morgan fingerprint density at radius 2 is 1.90 bits per heavy atom. The van der Waals surface area contributed by atoms with Crippen molar-refractivity contribution >= 4 is 0 Å². The minimum Gasteiger partial charge on any atom is -0.0914 e. The molecule has 0 heteroatoms. The molecule has 0 rings (SSSR count). The lowest BCUT2D eigenvalue weighted by Gasteiger charge is -2.11. The van der Waals surface area contributed by atoms with Crippen LogP contribution in [0.5, 0.6) is 0 Å². The Morgan fingerprint density at radius 1 is 1.30 bits per heavy atom. The van der Waals surface area contributed by atoms with Gasteiger partial charge in [0.1, 0.15) is 0 Å². The van der Waals surface area contributed by atoms with Gasteiger partial charge in [0.25, 0.3) is 0 Å². The number of allylic oxidation sites excluding steroid dienone is 2. The fraction of sp³-hybridized carbons (Fsp3) is 0.800. The van der Waals surface area contributed by atoms with Crippen LogP contribution >= 0.6 is 0 Å². The topological polar surface area (TPSA) is 0 Å². The van der Waals surface area contributed by atoms with Gasteiger partial charge in [-0.15, -0.1) is 0 Å². The zero-order valence-corrected chi connectivity index (χ0v) is 7.72. The summed E-state index contributed by atoms with van der Waals surface area (Å²) in [6.45, 7) is 8.92. The lowest BCUT2D eigenvalue weighted by atomic mass is 9.95. The van der Waals surface area contributed by atoms with E-state index in [0.29, 0.717) is 0 Å². The normalized spacial score (nSPS) is 14.9. The van der Waals surface area contributed by atoms with Gasteiger partial charge in [-0.1, -0.05) is 32.9 Å². The molecule has 0 aromatic carbocycles. The van der Waals surface area contributed by atoms with E-state index in [1.807, 2.05) is 0 Å². The molecule has 0 nitrogen and oxygen atoms in total. The van der Waals surface area contributed by atoms with Gasteiger partial charge in [-0.05, 0) is 31.6 Å². The van der Waals surface area contributed by atoms with Crippen LogP contribution in [-0.4, -0.2) is 0 Å². The van der Waals surface area contributed by atoms with E-state index in [9.17, 15) is 0 Å². The summed E-state index contributed by atoms with van der Waals surface area (Å²) in [5, 5.41) is 0. The molecule has 10 heavy (non-hydrogen) atoms. The molecule has 0 bridgehead atoms. The van der Waals surface area contributed by atoms with Crippen molar-refractivity contribution < 1.29 is 0 Å². The van der Waals surface area contributed by atoms with Crippen molar-refractivity contribution in [3.63, 3.8) is 0 Å². The molecule has 60 valence electrons. The second-order valence-electron chi connectivity index (χ2n) is 3.32. The Kier molecular flexibility index (Phi) is 5.38. The highest BCUT2D eigenvalue weighted by Crippen LogP contribution is 2.15. The van der Waals surface area contributed by atoms with E-state index >= 15 is 0 Å². The summed E-state index contributed by atoms with van der Waals surface area (Å²) in [6.07, 6.45) is 7.10. The number of hydrogen-bond acceptors (Lipinski definition) is 0. The van der Waals surface area contributed by atoms with Crippen molar-refractivity contribution in [3.05, 3.63) is 12.2 Å². The van der Waals surface area contributed by atoms with Gasteiger partial charge in [-0.2, -0.15) is 0 Å². The fourth-order valence-electron chi connectivity index (χ4n) is 1.26. The molecule has 0 aliphatic heterocycles. The van der Waals surface area contributed by atoms with Gasteiger partial charge in [-0.3, -0.25) is 0 Å². The molecule has 1 unspecified atom stereocenters. The molecule has 1 atom stereocenters. The average molecular weight is 140 g/mol. The van der Waals surface area contributed by atoms with Gasteiger partial charge >= 0.3 is 0 Å². The smallest absolute Gasteiger partial charge is 0.0234 e. The summed E-state index contributed by atoms with van der Waals surface area (Å²) in [7, 11) is 0. The summed E-state index contributed by atoms with van der Waals surface area (Å²) >= 11 is 0. The predicted octanol–water partition coefficient (Wildman–Crippen LogP) is 3.63. The van der Waals surface area contributed by atoms with Crippen molar-refractivity contribution in [2.45, 2.75) is 40.5 Å². The number of hydrogen-bond donors (Lipinski definition) is 0. The third kappa shape index (κ3) is 4.60. The van der Waals surface area contributed by atoms with Crippen molar-refractivity contribution in [2.75, 3.05) is 0 Å². The second-order valence-corrected chi connectivity index (χ2v) is 3.32. The molecule has 0 spiro atoms. The molecule has 0 radical (unpaired) electrons. The zero-order chi connectivity index (χ0) is 7.98. The molecular formula is C10H20. The standard InChI is InChI=1S/C10H20/c1-5-7-10(6-2)8-9(3)4/h5,7,9-10H,6,8H2,1-4H3/b7-5-. The highest BCUT2D eigenvalue weighted by atomic mass is 14.1. The van der Waals surface area contributed by atoms with Crippen LogP contribution in [0.1, 0.15) is 40.5 Å². The largest absolute Gasteiger partial charge is 0.0914 e. The van der Waals surface area contributed by atoms with Crippen LogP contribution < -0.4 is 0 Å². The molecule has 0 saturated heterocycles. The molecule has 0 fully saturated rings. The predicted molar refractivity (Wildman–Crippen MR) is 48.1 cm³/mol. The Bertz CT molecular complexity index is 90.2. The van der Waals surface area contributed by atoms with Crippen molar-refractivity contribution in [1.29, 1.82) is 0 Å². The second kappa shape index (κ2) is 5.52. The molecule has 0 heterocycles. The molecule has 0 aromatic rings. The van der Waals surface area contributed by atoms with E-state index in [1.54, 1.807) is 0 Å². The molecule has 0 aromatic heterocycles. The maximum absolute atomic E-state index is 2.32. The molecule has 0 aliphatic rings. The van der Waals surface area contributed by atoms with Crippen LogP contribution in [0.4, 0.5) is 0 Å². The fourth-order valence-corrected chi connectivity index (χ4v) is 1.26. The molecule has 0 aliphatic carbocycles. The van der Waals surface area contributed by atoms with E-state index in [1.165, 1.54) is 12.8 Å². The highest BCUT2D eigenvalue weighted by molar-refractivity contribution is 4.85. The van der Waals surface area contributed by atoms with Crippen LogP contribution in [0.15, 0.2) is 12.2 Å². The summed E-state index contributed by atoms with van der Waals surface area (Å²) < 4.78 is 0. The van der Waals surface area contributed by atoms with Crippen LogP contribution in [0.3, 0.4) is 0 Å². The first-order chi connectivity index (χ1) is 4.70. The Hall–Kier alpha value is -0.260. The van der Waals surface area contributed by atoms with Crippen molar-refractivity contribution in [2.24, 2.45) is 11.8 Å². The van der Waals surface area contributed by atoms with Crippen LogP contribution in [0.25, 0.3) is 0 Å². The minimum atomic E-state index is 0.810. The maximum atomic E-state index is 2.32. The van der Waals surface area contributed by atoms with Gasteiger partial charge in [0.05, 0.1) is 0 Å². The van der Waals surface area contributed by atoms with E-state index in [4.69, 9.17) is 0 Å². The first-order valence-corrected chi connectivity index (χ1v) is 4.33. The molecule has 0 saturated carbocycles. The SMILES string of the molecule is C/C=C\C(CC)CC(C)C. The summed E-state index contributed by atoms with van der Waals surface area (Å²) in [4.78, 5) is 0. The zero-order valence-electron chi connectivity index (χ0n) is 7.72. The summed E-state index contributed by atoms with van der Waals surface area (Å²) in [5.41, 5.74) is 0. The minimum absolute atomic E-state index is 0.810. The van der Waals surface area contributed by atoms with Gasteiger partial charge < -0.3 is 0 Å². The molecular weight excluding hydrogens is 120 g/mol. The third-order valence-corrected chi connectivity index (χ3v) is 1.76. The Morgan fingerprint density at radius 3 is 2.20 bits per heavy atom. The number of rotatable bonds is 4. The summed E-state index contributed by atoms with van der Waals surface area (Å²) in [6, 6.07) is 0. The van der Waals surface area contributed by atoms with E-state index < -0.39 is 0 Å². The third-order valence-electron chi connectivity index (χ3n) is 1.76. The average Bonchev–Trinajstić information content (AvgIpc) is 1.86. The molecule has 0 amide bonds. The van der Waals surface area contributed by atoms with E-state index in [-0.39, 0.29) is 0 Å². The van der Waals surface area contributed by atoms with E-state index in [0.717, 1.165) is 11.8 Å². The van der Waals surface area contributed by atoms with Gasteiger partial charge in [0, 0.05) is 0 Å². The van der Waals surface area contributed by atoms with Crippen molar-refractivity contribution in [1.82, 2.24) is 0 Å².